The summed E-state index contributed by atoms with van der Waals surface area (Å²) in [4.78, 5) is 14.5. The Hall–Kier alpha value is -2.77. The van der Waals surface area contributed by atoms with Gasteiger partial charge in [0.1, 0.15) is 23.3 Å². The van der Waals surface area contributed by atoms with Crippen LogP contribution in [0.4, 0.5) is 0 Å². The molecule has 0 aliphatic carbocycles. The van der Waals surface area contributed by atoms with Gasteiger partial charge in [-0.2, -0.15) is 0 Å². The Bertz CT molecular complexity index is 986. The molecule has 7 heteroatoms. The smallest absolute Gasteiger partial charge is 0.266 e. The van der Waals surface area contributed by atoms with Crippen LogP contribution in [-0.2, 0) is 11.2 Å². The minimum atomic E-state index is -0.0390. The summed E-state index contributed by atoms with van der Waals surface area (Å²) in [7, 11) is 1.62. The number of hydrogen-bond donors (Lipinski definition) is 0. The van der Waals surface area contributed by atoms with Crippen LogP contribution < -0.4 is 14.2 Å². The number of nitrogens with zero attached hydrogens (tertiary/aromatic N) is 1. The molecule has 1 heterocycles. The number of carbonyl (C=O) groups excluding carboxylic acids is 1. The number of hydrogen-bond acceptors (Lipinski definition) is 6. The van der Waals surface area contributed by atoms with Gasteiger partial charge >= 0.3 is 0 Å². The Morgan fingerprint density at radius 1 is 1.10 bits per heavy atom. The minimum Gasteiger partial charge on any atom is -0.493 e. The van der Waals surface area contributed by atoms with Crippen LogP contribution in [0.1, 0.15) is 18.1 Å². The zero-order chi connectivity index (χ0) is 22.2. The predicted octanol–water partition coefficient (Wildman–Crippen LogP) is 5.10. The number of benzene rings is 2. The van der Waals surface area contributed by atoms with E-state index in [4.69, 9.17) is 26.4 Å². The molecule has 1 aliphatic rings. The first-order valence-corrected chi connectivity index (χ1v) is 11.2. The van der Waals surface area contributed by atoms with Crippen molar-refractivity contribution in [2.75, 3.05) is 26.9 Å². The first kappa shape index (κ1) is 22.9. The Balaban J connectivity index is 1.51. The first-order valence-electron chi connectivity index (χ1n) is 9.94. The van der Waals surface area contributed by atoms with E-state index in [0.29, 0.717) is 40.5 Å². The van der Waals surface area contributed by atoms with Crippen LogP contribution in [-0.4, -0.2) is 42.0 Å². The van der Waals surface area contributed by atoms with Gasteiger partial charge in [-0.05, 0) is 54.8 Å². The molecule has 31 heavy (non-hydrogen) atoms. The molecular formula is C24H25NO4S2. The number of thioether (sulfide) groups is 1. The topological polar surface area (TPSA) is 48.0 Å². The van der Waals surface area contributed by atoms with Crippen molar-refractivity contribution in [1.29, 1.82) is 0 Å². The molecule has 1 amide bonds. The molecule has 0 aromatic heterocycles. The van der Waals surface area contributed by atoms with Crippen LogP contribution in [0.25, 0.3) is 6.08 Å². The van der Waals surface area contributed by atoms with Crippen molar-refractivity contribution in [3.63, 3.8) is 0 Å². The molecule has 2 aromatic carbocycles. The number of thiocarbonyl (C=S) groups is 1. The standard InChI is InChI=1S/C24H25NO4S2/c1-4-6-17-9-12-20(21(15-17)27-3)29-14-13-28-19-10-7-18(8-11-19)16-22-23(26)25(5-2)24(30)31-22/h4,7-12,15-16H,1,5-6,13-14H2,2-3H3. The second-order valence-electron chi connectivity index (χ2n) is 6.67. The maximum atomic E-state index is 12.3. The van der Waals surface area contributed by atoms with E-state index in [9.17, 15) is 4.79 Å². The summed E-state index contributed by atoms with van der Waals surface area (Å²) in [5.74, 6) is 2.06. The van der Waals surface area contributed by atoms with Gasteiger partial charge in [-0.1, -0.05) is 48.3 Å². The lowest BCUT2D eigenvalue weighted by molar-refractivity contribution is -0.121. The molecule has 0 spiro atoms. The fourth-order valence-electron chi connectivity index (χ4n) is 3.02. The van der Waals surface area contributed by atoms with Gasteiger partial charge in [0.15, 0.2) is 11.5 Å². The zero-order valence-electron chi connectivity index (χ0n) is 17.6. The number of likely N-dealkylation sites (N-methyl/N-ethyl adjacent to an activating group) is 1. The van der Waals surface area contributed by atoms with Crippen LogP contribution in [0.2, 0.25) is 0 Å². The van der Waals surface area contributed by atoms with Crippen molar-refractivity contribution in [3.05, 3.63) is 71.2 Å². The van der Waals surface area contributed by atoms with E-state index < -0.39 is 0 Å². The van der Waals surface area contributed by atoms with Gasteiger partial charge in [0.05, 0.1) is 12.0 Å². The van der Waals surface area contributed by atoms with E-state index in [1.54, 1.807) is 12.0 Å². The maximum Gasteiger partial charge on any atom is 0.266 e. The second kappa shape index (κ2) is 11.0. The number of ether oxygens (including phenoxy) is 3. The van der Waals surface area contributed by atoms with Crippen molar-refractivity contribution in [3.8, 4) is 17.2 Å². The van der Waals surface area contributed by atoms with Gasteiger partial charge in [0, 0.05) is 6.54 Å². The van der Waals surface area contributed by atoms with Gasteiger partial charge in [-0.25, -0.2) is 0 Å². The summed E-state index contributed by atoms with van der Waals surface area (Å²) in [5.41, 5.74) is 2.04. The van der Waals surface area contributed by atoms with E-state index >= 15 is 0 Å². The van der Waals surface area contributed by atoms with Crippen LogP contribution >= 0.6 is 24.0 Å². The monoisotopic (exact) mass is 455 g/mol. The third-order valence-electron chi connectivity index (χ3n) is 4.59. The summed E-state index contributed by atoms with van der Waals surface area (Å²) in [6, 6.07) is 13.4. The Morgan fingerprint density at radius 3 is 2.48 bits per heavy atom. The lowest BCUT2D eigenvalue weighted by atomic mass is 10.1. The van der Waals surface area contributed by atoms with Gasteiger partial charge in [-0.15, -0.1) is 6.58 Å². The molecule has 2 aromatic rings. The Kier molecular flexibility index (Phi) is 8.14. The van der Waals surface area contributed by atoms with Crippen LogP contribution in [0.3, 0.4) is 0 Å². The quantitative estimate of drug-likeness (QED) is 0.215. The summed E-state index contributed by atoms with van der Waals surface area (Å²) in [6.45, 7) is 7.03. The third kappa shape index (κ3) is 5.89. The lowest BCUT2D eigenvalue weighted by Crippen LogP contribution is -2.27. The molecular weight excluding hydrogens is 430 g/mol. The Labute approximate surface area is 192 Å². The number of amides is 1. The predicted molar refractivity (Wildman–Crippen MR) is 130 cm³/mol. The summed E-state index contributed by atoms with van der Waals surface area (Å²) >= 11 is 6.58. The highest BCUT2D eigenvalue weighted by Gasteiger charge is 2.30. The number of carbonyl (C=O) groups is 1. The highest BCUT2D eigenvalue weighted by atomic mass is 32.2. The molecule has 0 unspecified atom stereocenters. The molecule has 0 bridgehead atoms. The molecule has 0 radical (unpaired) electrons. The van der Waals surface area contributed by atoms with Crippen molar-refractivity contribution in [2.45, 2.75) is 13.3 Å². The molecule has 3 rings (SSSR count). The van der Waals surface area contributed by atoms with E-state index in [1.165, 1.54) is 11.8 Å². The SMILES string of the molecule is C=CCc1ccc(OCCOc2ccc(C=C3SC(=S)N(CC)C3=O)cc2)c(OC)c1. The number of methoxy groups -OCH3 is 1. The highest BCUT2D eigenvalue weighted by Crippen LogP contribution is 2.32. The molecule has 1 fully saturated rings. The number of rotatable bonds is 10. The van der Waals surface area contributed by atoms with E-state index in [1.807, 2.05) is 61.5 Å². The van der Waals surface area contributed by atoms with Crippen molar-refractivity contribution in [1.82, 2.24) is 4.90 Å². The molecule has 5 nitrogen and oxygen atoms in total. The average molecular weight is 456 g/mol. The molecule has 1 saturated heterocycles. The van der Waals surface area contributed by atoms with Gasteiger partial charge < -0.3 is 14.2 Å². The lowest BCUT2D eigenvalue weighted by Gasteiger charge is -2.12. The third-order valence-corrected chi connectivity index (χ3v) is 5.96. The van der Waals surface area contributed by atoms with Crippen LogP contribution in [0.15, 0.2) is 60.0 Å². The fraction of sp³-hybridized carbons (Fsp3) is 0.250. The van der Waals surface area contributed by atoms with Gasteiger partial charge in [-0.3, -0.25) is 9.69 Å². The van der Waals surface area contributed by atoms with E-state index in [0.717, 1.165) is 23.3 Å². The maximum absolute atomic E-state index is 12.3. The minimum absolute atomic E-state index is 0.0390. The second-order valence-corrected chi connectivity index (χ2v) is 8.35. The fourth-order valence-corrected chi connectivity index (χ4v) is 4.40. The molecule has 162 valence electrons. The largest absolute Gasteiger partial charge is 0.493 e. The summed E-state index contributed by atoms with van der Waals surface area (Å²) < 4.78 is 17.6. The van der Waals surface area contributed by atoms with Crippen molar-refractivity contribution < 1.29 is 19.0 Å². The van der Waals surface area contributed by atoms with E-state index in [2.05, 4.69) is 6.58 Å². The summed E-state index contributed by atoms with van der Waals surface area (Å²) in [5, 5.41) is 0. The molecule has 0 saturated carbocycles. The summed E-state index contributed by atoms with van der Waals surface area (Å²) in [6.07, 6.45) is 4.48. The first-order chi connectivity index (χ1) is 15.0. The van der Waals surface area contributed by atoms with Crippen molar-refractivity contribution in [2.24, 2.45) is 0 Å². The van der Waals surface area contributed by atoms with Crippen LogP contribution in [0.5, 0.6) is 17.2 Å². The van der Waals surface area contributed by atoms with Gasteiger partial charge in [0.25, 0.3) is 5.91 Å². The normalized spacial score (nSPS) is 14.8. The van der Waals surface area contributed by atoms with Crippen LogP contribution in [0, 0.1) is 0 Å². The van der Waals surface area contributed by atoms with Crippen molar-refractivity contribution >= 4 is 40.3 Å². The zero-order valence-corrected chi connectivity index (χ0v) is 19.3. The Morgan fingerprint density at radius 2 is 1.84 bits per heavy atom. The van der Waals surface area contributed by atoms with E-state index in [-0.39, 0.29) is 5.91 Å². The van der Waals surface area contributed by atoms with Gasteiger partial charge in [0.2, 0.25) is 0 Å². The number of allylic oxidation sites excluding steroid dienone is 1. The average Bonchev–Trinajstić information content (AvgIpc) is 3.05. The molecule has 1 aliphatic heterocycles. The molecule has 0 atom stereocenters. The molecule has 0 N–H and O–H groups in total. The highest BCUT2D eigenvalue weighted by molar-refractivity contribution is 8.26.